The number of carbonyl (C=O) groups excluding carboxylic acids is 1. The van der Waals surface area contributed by atoms with Crippen molar-refractivity contribution in [3.05, 3.63) is 78.5 Å². The van der Waals surface area contributed by atoms with Crippen molar-refractivity contribution >= 4 is 5.91 Å². The number of ether oxygens (including phenoxy) is 3. The predicted molar refractivity (Wildman–Crippen MR) is 138 cm³/mol. The minimum Gasteiger partial charge on any atom is -0.424 e. The van der Waals surface area contributed by atoms with Gasteiger partial charge in [0.25, 0.3) is 0 Å². The molecule has 38 heavy (non-hydrogen) atoms. The second kappa shape index (κ2) is 11.1. The van der Waals surface area contributed by atoms with Gasteiger partial charge < -0.3 is 24.5 Å². The number of imidazole rings is 1. The summed E-state index contributed by atoms with van der Waals surface area (Å²) in [5.74, 6) is 0.534. The lowest BCUT2D eigenvalue weighted by atomic mass is 9.91. The fraction of sp³-hybridized carbons (Fsp3) is 0.286. The van der Waals surface area contributed by atoms with Gasteiger partial charge in [-0.1, -0.05) is 25.1 Å². The summed E-state index contributed by atoms with van der Waals surface area (Å²) >= 11 is 0. The summed E-state index contributed by atoms with van der Waals surface area (Å²) in [6.07, 6.45) is 1.61. The molecule has 9 nitrogen and oxygen atoms in total. The Labute approximate surface area is 219 Å². The van der Waals surface area contributed by atoms with Gasteiger partial charge in [-0.05, 0) is 55.8 Å². The maximum atomic E-state index is 13.7. The average Bonchev–Trinajstić information content (AvgIpc) is 3.39. The van der Waals surface area contributed by atoms with Gasteiger partial charge in [-0.3, -0.25) is 4.79 Å². The van der Waals surface area contributed by atoms with Gasteiger partial charge in [0.05, 0.1) is 35.7 Å². The van der Waals surface area contributed by atoms with Gasteiger partial charge in [0.1, 0.15) is 11.6 Å². The molecular formula is C28H28FN5O4. The normalized spacial score (nSPS) is 19.2. The zero-order valence-electron chi connectivity index (χ0n) is 21.1. The van der Waals surface area contributed by atoms with E-state index in [9.17, 15) is 9.18 Å². The lowest BCUT2D eigenvalue weighted by Gasteiger charge is -2.35. The summed E-state index contributed by atoms with van der Waals surface area (Å²) in [5.41, 5.74) is 1.48. The molecule has 2 aromatic heterocycles. The first-order valence-corrected chi connectivity index (χ1v) is 12.4. The molecule has 196 valence electrons. The molecule has 0 saturated carbocycles. The van der Waals surface area contributed by atoms with Crippen LogP contribution in [0.15, 0.2) is 66.9 Å². The van der Waals surface area contributed by atoms with Crippen LogP contribution in [0.5, 0.6) is 11.8 Å². The number of aromatic amines is 1. The SMILES string of the molecule is CCCNC(=O)C1(C)COC(c2nc(-c3ccc(F)cc3)c(-c3ccnc(Oc4ccccc4)n3)[nH]2)OC1. The summed E-state index contributed by atoms with van der Waals surface area (Å²) in [5, 5.41) is 2.90. The minimum absolute atomic E-state index is 0.114. The second-order valence-electron chi connectivity index (χ2n) is 9.26. The van der Waals surface area contributed by atoms with Crippen LogP contribution >= 0.6 is 0 Å². The summed E-state index contributed by atoms with van der Waals surface area (Å²) in [6, 6.07) is 17.1. The average molecular weight is 518 g/mol. The second-order valence-corrected chi connectivity index (χ2v) is 9.26. The van der Waals surface area contributed by atoms with Crippen LogP contribution in [0.3, 0.4) is 0 Å². The Morgan fingerprint density at radius 2 is 1.84 bits per heavy atom. The van der Waals surface area contributed by atoms with E-state index in [1.807, 2.05) is 37.3 Å². The van der Waals surface area contributed by atoms with E-state index in [0.717, 1.165) is 6.42 Å². The van der Waals surface area contributed by atoms with E-state index in [-0.39, 0.29) is 30.9 Å². The molecule has 5 rings (SSSR count). The third kappa shape index (κ3) is 5.56. The lowest BCUT2D eigenvalue weighted by Crippen LogP contribution is -2.48. The van der Waals surface area contributed by atoms with Crippen molar-refractivity contribution in [2.24, 2.45) is 5.41 Å². The highest BCUT2D eigenvalue weighted by Gasteiger charge is 2.40. The van der Waals surface area contributed by atoms with Crippen molar-refractivity contribution in [3.63, 3.8) is 0 Å². The molecule has 10 heteroatoms. The van der Waals surface area contributed by atoms with Gasteiger partial charge in [-0.15, -0.1) is 0 Å². The minimum atomic E-state index is -0.822. The number of hydrogen-bond acceptors (Lipinski definition) is 7. The number of carbonyl (C=O) groups is 1. The van der Waals surface area contributed by atoms with Gasteiger partial charge >= 0.3 is 6.01 Å². The van der Waals surface area contributed by atoms with E-state index in [4.69, 9.17) is 19.2 Å². The maximum Gasteiger partial charge on any atom is 0.322 e. The smallest absolute Gasteiger partial charge is 0.322 e. The molecule has 1 aliphatic heterocycles. The fourth-order valence-electron chi connectivity index (χ4n) is 3.98. The number of nitrogens with one attached hydrogen (secondary N) is 2. The van der Waals surface area contributed by atoms with Crippen LogP contribution in [0.1, 0.15) is 32.4 Å². The zero-order valence-corrected chi connectivity index (χ0v) is 21.1. The van der Waals surface area contributed by atoms with Crippen LogP contribution in [0.25, 0.3) is 22.6 Å². The van der Waals surface area contributed by atoms with Crippen molar-refractivity contribution in [2.45, 2.75) is 26.6 Å². The quantitative estimate of drug-likeness (QED) is 0.337. The fourth-order valence-corrected chi connectivity index (χ4v) is 3.98. The van der Waals surface area contributed by atoms with Gasteiger partial charge in [0, 0.05) is 18.3 Å². The van der Waals surface area contributed by atoms with Crippen molar-refractivity contribution in [1.82, 2.24) is 25.3 Å². The van der Waals surface area contributed by atoms with Crippen molar-refractivity contribution in [2.75, 3.05) is 19.8 Å². The van der Waals surface area contributed by atoms with E-state index < -0.39 is 11.7 Å². The Bertz CT molecular complexity index is 1390. The molecule has 0 aliphatic carbocycles. The van der Waals surface area contributed by atoms with E-state index in [1.54, 1.807) is 31.3 Å². The topological polar surface area (TPSA) is 111 Å². The number of H-pyrrole nitrogens is 1. The summed E-state index contributed by atoms with van der Waals surface area (Å²) in [6.45, 7) is 4.72. The molecule has 2 N–H and O–H groups in total. The number of para-hydroxylation sites is 1. The van der Waals surface area contributed by atoms with Crippen molar-refractivity contribution < 1.29 is 23.4 Å². The Kier molecular flexibility index (Phi) is 7.43. The molecule has 4 aromatic rings. The number of rotatable bonds is 8. The summed E-state index contributed by atoms with van der Waals surface area (Å²) < 4.78 is 31.4. The molecular weight excluding hydrogens is 489 g/mol. The van der Waals surface area contributed by atoms with Crippen LogP contribution in [-0.2, 0) is 14.3 Å². The third-order valence-electron chi connectivity index (χ3n) is 6.10. The largest absolute Gasteiger partial charge is 0.424 e. The first kappa shape index (κ1) is 25.5. The molecule has 0 atom stereocenters. The van der Waals surface area contributed by atoms with Crippen molar-refractivity contribution in [1.29, 1.82) is 0 Å². The Balaban J connectivity index is 1.44. The number of benzene rings is 2. The Morgan fingerprint density at radius 3 is 2.55 bits per heavy atom. The molecule has 1 saturated heterocycles. The van der Waals surface area contributed by atoms with Crippen LogP contribution in [0.2, 0.25) is 0 Å². The standard InChI is InChI=1S/C28H28FN5O4/c1-3-14-30-26(35)28(2)16-36-25(37-17-28)24-33-22(18-9-11-19(29)12-10-18)23(34-24)21-13-15-31-27(32-21)38-20-7-5-4-6-8-20/h4-13,15,25H,3,14,16-17H2,1-2H3,(H,30,35)(H,33,34). The number of hydrogen-bond donors (Lipinski definition) is 2. The molecule has 1 aliphatic rings. The molecule has 0 radical (unpaired) electrons. The van der Waals surface area contributed by atoms with Gasteiger partial charge in [-0.25, -0.2) is 14.4 Å². The highest BCUT2D eigenvalue weighted by Crippen LogP contribution is 2.36. The van der Waals surface area contributed by atoms with Crippen LogP contribution in [0, 0.1) is 11.2 Å². The summed E-state index contributed by atoms with van der Waals surface area (Å²) in [7, 11) is 0. The van der Waals surface area contributed by atoms with Gasteiger partial charge in [0.15, 0.2) is 5.82 Å². The third-order valence-corrected chi connectivity index (χ3v) is 6.10. The van der Waals surface area contributed by atoms with Crippen molar-refractivity contribution in [3.8, 4) is 34.4 Å². The Morgan fingerprint density at radius 1 is 1.11 bits per heavy atom. The first-order valence-electron chi connectivity index (χ1n) is 12.4. The summed E-state index contributed by atoms with van der Waals surface area (Å²) in [4.78, 5) is 29.4. The predicted octanol–water partition coefficient (Wildman–Crippen LogP) is 5.04. The molecule has 1 fully saturated rings. The van der Waals surface area contributed by atoms with Crippen LogP contribution in [-0.4, -0.2) is 45.6 Å². The number of aromatic nitrogens is 4. The van der Waals surface area contributed by atoms with Crippen LogP contribution < -0.4 is 10.1 Å². The van der Waals surface area contributed by atoms with E-state index >= 15 is 0 Å². The number of halogens is 1. The highest BCUT2D eigenvalue weighted by molar-refractivity contribution is 5.82. The molecule has 0 bridgehead atoms. The maximum absolute atomic E-state index is 13.7. The Hall–Kier alpha value is -4.15. The number of nitrogens with zero attached hydrogens (tertiary/aromatic N) is 3. The lowest BCUT2D eigenvalue weighted by molar-refractivity contribution is -0.231. The monoisotopic (exact) mass is 517 g/mol. The first-order chi connectivity index (χ1) is 18.4. The highest BCUT2D eigenvalue weighted by atomic mass is 19.1. The van der Waals surface area contributed by atoms with E-state index in [2.05, 4.69) is 20.3 Å². The van der Waals surface area contributed by atoms with Gasteiger partial charge in [-0.2, -0.15) is 4.98 Å². The molecule has 1 amide bonds. The molecule has 0 unspecified atom stereocenters. The molecule has 0 spiro atoms. The number of amides is 1. The molecule has 3 heterocycles. The van der Waals surface area contributed by atoms with Crippen LogP contribution in [0.4, 0.5) is 4.39 Å². The zero-order chi connectivity index (χ0) is 26.5. The molecule has 2 aromatic carbocycles. The van der Waals surface area contributed by atoms with E-state index in [1.165, 1.54) is 12.1 Å². The van der Waals surface area contributed by atoms with Gasteiger partial charge in [0.2, 0.25) is 12.2 Å². The van der Waals surface area contributed by atoms with E-state index in [0.29, 0.717) is 40.8 Å².